The zero-order chi connectivity index (χ0) is 21.4. The van der Waals surface area contributed by atoms with Gasteiger partial charge in [-0.15, -0.1) is 10.2 Å². The number of sulfone groups is 1. The molecule has 0 unspecified atom stereocenters. The first-order chi connectivity index (χ1) is 13.6. The number of pyridine rings is 1. The summed E-state index contributed by atoms with van der Waals surface area (Å²) in [5.41, 5.74) is -0.341. The van der Waals surface area contributed by atoms with Crippen LogP contribution in [0.25, 0.3) is 22.9 Å². The number of nitriles is 1. The number of rotatable bonds is 4. The molecule has 0 aliphatic carbocycles. The predicted octanol–water partition coefficient (Wildman–Crippen LogP) is 3.23. The third kappa shape index (κ3) is 3.84. The van der Waals surface area contributed by atoms with Gasteiger partial charge in [0.05, 0.1) is 27.8 Å². The lowest BCUT2D eigenvalue weighted by molar-refractivity contribution is -0.138. The van der Waals surface area contributed by atoms with Gasteiger partial charge < -0.3 is 4.57 Å². The molecule has 1 aromatic carbocycles. The van der Waals surface area contributed by atoms with Gasteiger partial charge in [0, 0.05) is 18.8 Å². The molecule has 0 fully saturated rings. The lowest BCUT2D eigenvalue weighted by Gasteiger charge is -2.12. The van der Waals surface area contributed by atoms with E-state index in [0.29, 0.717) is 29.2 Å². The minimum atomic E-state index is -4.74. The maximum atomic E-state index is 13.1. The van der Waals surface area contributed by atoms with Gasteiger partial charge in [-0.25, -0.2) is 8.42 Å². The summed E-state index contributed by atoms with van der Waals surface area (Å²) in [6.07, 6.45) is -4.17. The molecule has 2 aromatic heterocycles. The largest absolute Gasteiger partial charge is 0.417 e. The molecule has 3 aromatic rings. The Morgan fingerprint density at radius 1 is 1.14 bits per heavy atom. The molecule has 0 spiro atoms. The Hall–Kier alpha value is -3.26. The summed E-state index contributed by atoms with van der Waals surface area (Å²) in [7, 11) is -2.47. The van der Waals surface area contributed by atoms with Gasteiger partial charge in [-0.2, -0.15) is 18.4 Å². The van der Waals surface area contributed by atoms with Crippen LogP contribution < -0.4 is 0 Å². The molecule has 0 radical (unpaired) electrons. The van der Waals surface area contributed by atoms with Crippen molar-refractivity contribution >= 4 is 9.84 Å². The number of hydrogen-bond donors (Lipinski definition) is 0. The average molecular weight is 421 g/mol. The molecule has 0 amide bonds. The first-order valence-electron chi connectivity index (χ1n) is 8.28. The van der Waals surface area contributed by atoms with Crippen molar-refractivity contribution in [1.29, 1.82) is 5.26 Å². The smallest absolute Gasteiger partial charge is 0.309 e. The van der Waals surface area contributed by atoms with E-state index in [1.54, 1.807) is 31.3 Å². The molecule has 0 saturated carbocycles. The van der Waals surface area contributed by atoms with E-state index in [0.717, 1.165) is 0 Å². The monoisotopic (exact) mass is 421 g/mol. The van der Waals surface area contributed by atoms with E-state index in [9.17, 15) is 21.6 Å². The van der Waals surface area contributed by atoms with Crippen LogP contribution in [0.2, 0.25) is 0 Å². The zero-order valence-electron chi connectivity index (χ0n) is 15.3. The van der Waals surface area contributed by atoms with Crippen molar-refractivity contribution in [3.8, 4) is 29.0 Å². The summed E-state index contributed by atoms with van der Waals surface area (Å²) in [6, 6.07) is 8.98. The van der Waals surface area contributed by atoms with Gasteiger partial charge in [0.15, 0.2) is 21.5 Å². The van der Waals surface area contributed by atoms with Crippen molar-refractivity contribution in [1.82, 2.24) is 19.7 Å². The highest BCUT2D eigenvalue weighted by Gasteiger charge is 2.34. The number of halogens is 3. The number of nitrogens with zero attached hydrogens (tertiary/aromatic N) is 5. The van der Waals surface area contributed by atoms with Crippen molar-refractivity contribution in [3.63, 3.8) is 0 Å². The Morgan fingerprint density at radius 2 is 1.76 bits per heavy atom. The fraction of sp³-hybridized carbons (Fsp3) is 0.222. The van der Waals surface area contributed by atoms with Crippen molar-refractivity contribution in [2.24, 2.45) is 7.05 Å². The highest BCUT2D eigenvalue weighted by atomic mass is 32.2. The van der Waals surface area contributed by atoms with Crippen molar-refractivity contribution in [2.45, 2.75) is 18.0 Å². The van der Waals surface area contributed by atoms with Crippen LogP contribution in [0.15, 0.2) is 41.4 Å². The van der Waals surface area contributed by atoms with Crippen LogP contribution in [0.4, 0.5) is 13.2 Å². The summed E-state index contributed by atoms with van der Waals surface area (Å²) in [5, 5.41) is 16.8. The number of benzene rings is 1. The fourth-order valence-corrected chi connectivity index (χ4v) is 3.70. The maximum Gasteiger partial charge on any atom is 0.417 e. The SMILES string of the molecule is CCS(=O)(=O)c1cc(C(F)(F)F)cnc1-c1nnc(-c2ccc(C#N)cc2)n1C. The molecule has 3 rings (SSSR count). The van der Waals surface area contributed by atoms with Crippen LogP contribution in [-0.2, 0) is 23.1 Å². The van der Waals surface area contributed by atoms with Crippen molar-refractivity contribution in [2.75, 3.05) is 5.75 Å². The Bertz CT molecular complexity index is 1210. The lowest BCUT2D eigenvalue weighted by Crippen LogP contribution is -2.13. The zero-order valence-corrected chi connectivity index (χ0v) is 16.1. The lowest BCUT2D eigenvalue weighted by atomic mass is 10.1. The normalized spacial score (nSPS) is 12.0. The molecule has 0 aliphatic heterocycles. The molecule has 2 heterocycles. The van der Waals surface area contributed by atoms with Gasteiger partial charge in [0.2, 0.25) is 0 Å². The van der Waals surface area contributed by atoms with Crippen LogP contribution in [0, 0.1) is 11.3 Å². The van der Waals surface area contributed by atoms with Crippen LogP contribution in [-0.4, -0.2) is 33.9 Å². The molecule has 29 heavy (non-hydrogen) atoms. The van der Waals surface area contributed by atoms with E-state index < -0.39 is 32.2 Å². The van der Waals surface area contributed by atoms with Gasteiger partial charge in [-0.3, -0.25) is 4.98 Å². The van der Waals surface area contributed by atoms with Crippen molar-refractivity contribution in [3.05, 3.63) is 47.7 Å². The van der Waals surface area contributed by atoms with Crippen LogP contribution in [0.3, 0.4) is 0 Å². The second-order valence-corrected chi connectivity index (χ2v) is 8.31. The molecule has 0 atom stereocenters. The predicted molar refractivity (Wildman–Crippen MR) is 97.1 cm³/mol. The fourth-order valence-electron chi connectivity index (χ4n) is 2.64. The second-order valence-electron chi connectivity index (χ2n) is 6.07. The van der Waals surface area contributed by atoms with E-state index in [4.69, 9.17) is 5.26 Å². The summed E-state index contributed by atoms with van der Waals surface area (Å²) in [6.45, 7) is 1.33. The molecular formula is C18H14F3N5O2S. The molecule has 7 nitrogen and oxygen atoms in total. The van der Waals surface area contributed by atoms with E-state index in [1.165, 1.54) is 11.5 Å². The molecular weight excluding hydrogens is 407 g/mol. The van der Waals surface area contributed by atoms with Gasteiger partial charge >= 0.3 is 6.18 Å². The molecule has 150 valence electrons. The molecule has 0 saturated heterocycles. The molecule has 0 bridgehead atoms. The topological polar surface area (TPSA) is 102 Å². The minimum Gasteiger partial charge on any atom is -0.309 e. The van der Waals surface area contributed by atoms with E-state index >= 15 is 0 Å². The highest BCUT2D eigenvalue weighted by Crippen LogP contribution is 2.34. The van der Waals surface area contributed by atoms with Gasteiger partial charge in [-0.1, -0.05) is 6.92 Å². The molecule has 11 heteroatoms. The Morgan fingerprint density at radius 3 is 2.31 bits per heavy atom. The summed E-state index contributed by atoms with van der Waals surface area (Å²) >= 11 is 0. The summed E-state index contributed by atoms with van der Waals surface area (Å²) in [5.74, 6) is -0.0558. The summed E-state index contributed by atoms with van der Waals surface area (Å²) < 4.78 is 65.5. The summed E-state index contributed by atoms with van der Waals surface area (Å²) in [4.78, 5) is 3.20. The van der Waals surface area contributed by atoms with E-state index in [2.05, 4.69) is 15.2 Å². The first kappa shape index (κ1) is 20.5. The molecule has 0 aliphatic rings. The molecule has 0 N–H and O–H groups in total. The van der Waals surface area contributed by atoms with Gasteiger partial charge in [0.25, 0.3) is 0 Å². The minimum absolute atomic E-state index is 0.00473. The van der Waals surface area contributed by atoms with Crippen LogP contribution in [0.1, 0.15) is 18.1 Å². The quantitative estimate of drug-likeness (QED) is 0.641. The van der Waals surface area contributed by atoms with Crippen molar-refractivity contribution < 1.29 is 21.6 Å². The van der Waals surface area contributed by atoms with E-state index in [-0.39, 0.29) is 11.5 Å². The number of aromatic nitrogens is 4. The maximum absolute atomic E-state index is 13.1. The van der Waals surface area contributed by atoms with Gasteiger partial charge in [0.1, 0.15) is 5.69 Å². The van der Waals surface area contributed by atoms with Gasteiger partial charge in [-0.05, 0) is 30.3 Å². The highest BCUT2D eigenvalue weighted by molar-refractivity contribution is 7.91. The third-order valence-electron chi connectivity index (χ3n) is 4.25. The number of alkyl halides is 3. The second kappa shape index (κ2) is 7.29. The number of hydrogen-bond acceptors (Lipinski definition) is 6. The first-order valence-corrected chi connectivity index (χ1v) is 9.94. The Kier molecular flexibility index (Phi) is 5.15. The third-order valence-corrected chi connectivity index (χ3v) is 6.00. The van der Waals surface area contributed by atoms with Crippen LogP contribution in [0.5, 0.6) is 0 Å². The standard InChI is InChI=1S/C18H14F3N5O2S/c1-3-29(27,28)14-8-13(18(19,20)21)10-23-15(14)17-25-24-16(26(17)2)12-6-4-11(9-22)5-7-12/h4-8,10H,3H2,1-2H3. The van der Waals surface area contributed by atoms with Crippen LogP contribution >= 0.6 is 0 Å². The Balaban J connectivity index is 2.19. The average Bonchev–Trinajstić information content (AvgIpc) is 3.08. The van der Waals surface area contributed by atoms with E-state index in [1.807, 2.05) is 6.07 Å². The Labute approximate surface area is 164 Å².